The molecule has 0 spiro atoms. The van der Waals surface area contributed by atoms with Crippen LogP contribution in [0.15, 0.2) is 12.2 Å². The van der Waals surface area contributed by atoms with Gasteiger partial charge >= 0.3 is 0 Å². The lowest BCUT2D eigenvalue weighted by Crippen LogP contribution is -2.23. The number of Topliss-reactive ketones (excluding diaryl/α,β-unsaturated/α-hetero) is 1. The Bertz CT molecular complexity index is 172. The number of carbonyl (C=O) groups is 1. The smallest absolute Gasteiger partial charge is 0.143 e. The van der Waals surface area contributed by atoms with E-state index in [1.165, 1.54) is 0 Å². The second-order valence-electron chi connectivity index (χ2n) is 3.94. The van der Waals surface area contributed by atoms with Gasteiger partial charge in [0.05, 0.1) is 0 Å². The van der Waals surface area contributed by atoms with Crippen LogP contribution in [0.2, 0.25) is 0 Å². The van der Waals surface area contributed by atoms with E-state index in [0.717, 1.165) is 0 Å². The first-order chi connectivity index (χ1) is 4.52. The first-order valence-corrected chi connectivity index (χ1v) is 3.71. The second kappa shape index (κ2) is 2.22. The van der Waals surface area contributed by atoms with E-state index in [4.69, 9.17) is 0 Å². The van der Waals surface area contributed by atoms with Crippen LogP contribution in [-0.4, -0.2) is 5.78 Å². The van der Waals surface area contributed by atoms with Gasteiger partial charge in [-0.1, -0.05) is 32.9 Å². The molecule has 0 aromatic rings. The van der Waals surface area contributed by atoms with Crippen LogP contribution in [0.1, 0.15) is 27.2 Å². The summed E-state index contributed by atoms with van der Waals surface area (Å²) in [7, 11) is 0. The minimum atomic E-state index is 0.115. The molecule has 0 fully saturated rings. The van der Waals surface area contributed by atoms with Gasteiger partial charge in [-0.2, -0.15) is 0 Å². The standard InChI is InChI=1S/C9H14O/c1-9(2,3)7-5-4-6-8(7)10/h4-5,7H,6H2,1-3H3. The molecule has 1 rings (SSSR count). The number of hydrogen-bond acceptors (Lipinski definition) is 1. The highest BCUT2D eigenvalue weighted by Crippen LogP contribution is 2.31. The van der Waals surface area contributed by atoms with Gasteiger partial charge in [-0.05, 0) is 5.41 Å². The Morgan fingerprint density at radius 2 is 2.10 bits per heavy atom. The Kier molecular flexibility index (Phi) is 1.67. The number of hydrogen-bond donors (Lipinski definition) is 0. The van der Waals surface area contributed by atoms with Crippen molar-refractivity contribution in [3.05, 3.63) is 12.2 Å². The fraction of sp³-hybridized carbons (Fsp3) is 0.667. The summed E-state index contributed by atoms with van der Waals surface area (Å²) in [4.78, 5) is 11.2. The third-order valence-corrected chi connectivity index (χ3v) is 1.93. The van der Waals surface area contributed by atoms with E-state index < -0.39 is 0 Å². The molecule has 1 atom stereocenters. The second-order valence-corrected chi connectivity index (χ2v) is 3.94. The van der Waals surface area contributed by atoms with Crippen molar-refractivity contribution in [1.29, 1.82) is 0 Å². The molecule has 10 heavy (non-hydrogen) atoms. The van der Waals surface area contributed by atoms with Crippen LogP contribution in [0.5, 0.6) is 0 Å². The summed E-state index contributed by atoms with van der Waals surface area (Å²) in [5.74, 6) is 0.528. The summed E-state index contributed by atoms with van der Waals surface area (Å²) in [6, 6.07) is 0. The molecule has 0 aromatic heterocycles. The maximum atomic E-state index is 11.2. The summed E-state index contributed by atoms with van der Waals surface area (Å²) in [6.07, 6.45) is 4.64. The van der Waals surface area contributed by atoms with Crippen LogP contribution >= 0.6 is 0 Å². The monoisotopic (exact) mass is 138 g/mol. The lowest BCUT2D eigenvalue weighted by atomic mass is 9.80. The minimum Gasteiger partial charge on any atom is -0.299 e. The molecule has 1 unspecified atom stereocenters. The van der Waals surface area contributed by atoms with Gasteiger partial charge in [-0.25, -0.2) is 0 Å². The molecular formula is C9H14O. The van der Waals surface area contributed by atoms with Gasteiger partial charge in [-0.3, -0.25) is 4.79 Å². The molecule has 0 aliphatic heterocycles. The first kappa shape index (κ1) is 7.52. The number of carbonyl (C=O) groups excluding carboxylic acids is 1. The Labute approximate surface area is 62.1 Å². The SMILES string of the molecule is CC(C)(C)C1C=CCC1=O. The number of rotatable bonds is 0. The highest BCUT2D eigenvalue weighted by molar-refractivity contribution is 5.87. The van der Waals surface area contributed by atoms with Gasteiger partial charge in [0, 0.05) is 12.3 Å². The van der Waals surface area contributed by atoms with Crippen LogP contribution in [0.25, 0.3) is 0 Å². The van der Waals surface area contributed by atoms with E-state index in [0.29, 0.717) is 12.2 Å². The molecule has 0 saturated heterocycles. The van der Waals surface area contributed by atoms with Crippen LogP contribution in [0.4, 0.5) is 0 Å². The minimum absolute atomic E-state index is 0.115. The molecule has 0 saturated carbocycles. The van der Waals surface area contributed by atoms with Crippen molar-refractivity contribution in [2.45, 2.75) is 27.2 Å². The molecule has 0 heterocycles. The lowest BCUT2D eigenvalue weighted by molar-refractivity contribution is -0.122. The zero-order chi connectivity index (χ0) is 7.78. The normalized spacial score (nSPS) is 25.9. The van der Waals surface area contributed by atoms with Gasteiger partial charge in [-0.15, -0.1) is 0 Å². The predicted molar refractivity (Wildman–Crippen MR) is 41.7 cm³/mol. The lowest BCUT2D eigenvalue weighted by Gasteiger charge is -2.23. The molecule has 1 aliphatic rings. The van der Waals surface area contributed by atoms with Crippen molar-refractivity contribution < 1.29 is 4.79 Å². The largest absolute Gasteiger partial charge is 0.299 e. The summed E-state index contributed by atoms with van der Waals surface area (Å²) in [5, 5.41) is 0. The van der Waals surface area contributed by atoms with E-state index in [2.05, 4.69) is 20.8 Å². The third-order valence-electron chi connectivity index (χ3n) is 1.93. The van der Waals surface area contributed by atoms with Gasteiger partial charge in [0.25, 0.3) is 0 Å². The molecule has 0 radical (unpaired) electrons. The van der Waals surface area contributed by atoms with Gasteiger partial charge in [0.2, 0.25) is 0 Å². The predicted octanol–water partition coefficient (Wildman–Crippen LogP) is 2.18. The van der Waals surface area contributed by atoms with Crippen molar-refractivity contribution in [2.24, 2.45) is 11.3 Å². The molecule has 1 aliphatic carbocycles. The quantitative estimate of drug-likeness (QED) is 0.469. The Morgan fingerprint density at radius 3 is 2.30 bits per heavy atom. The average molecular weight is 138 g/mol. The van der Waals surface area contributed by atoms with Crippen molar-refractivity contribution >= 4 is 5.78 Å². The molecule has 56 valence electrons. The average Bonchev–Trinajstić information content (AvgIpc) is 2.11. The van der Waals surface area contributed by atoms with Crippen molar-refractivity contribution in [3.8, 4) is 0 Å². The summed E-state index contributed by atoms with van der Waals surface area (Å²) in [5.41, 5.74) is 0.115. The summed E-state index contributed by atoms with van der Waals surface area (Å²) >= 11 is 0. The topological polar surface area (TPSA) is 17.1 Å². The maximum absolute atomic E-state index is 11.2. The molecule has 0 aromatic carbocycles. The Morgan fingerprint density at radius 1 is 1.50 bits per heavy atom. The van der Waals surface area contributed by atoms with Gasteiger partial charge < -0.3 is 0 Å². The molecule has 1 heteroatoms. The number of ketones is 1. The van der Waals surface area contributed by atoms with E-state index >= 15 is 0 Å². The highest BCUT2D eigenvalue weighted by atomic mass is 16.1. The van der Waals surface area contributed by atoms with E-state index in [1.54, 1.807) is 0 Å². The van der Waals surface area contributed by atoms with Crippen molar-refractivity contribution in [3.63, 3.8) is 0 Å². The highest BCUT2D eigenvalue weighted by Gasteiger charge is 2.30. The number of allylic oxidation sites excluding steroid dienone is 2. The van der Waals surface area contributed by atoms with Crippen molar-refractivity contribution in [1.82, 2.24) is 0 Å². The van der Waals surface area contributed by atoms with Crippen LogP contribution in [-0.2, 0) is 4.79 Å². The van der Waals surface area contributed by atoms with E-state index in [1.807, 2.05) is 12.2 Å². The molecular weight excluding hydrogens is 124 g/mol. The Balaban J connectivity index is 2.73. The molecule has 0 N–H and O–H groups in total. The van der Waals surface area contributed by atoms with Gasteiger partial charge in [0.1, 0.15) is 5.78 Å². The fourth-order valence-electron chi connectivity index (χ4n) is 1.33. The Hall–Kier alpha value is -0.590. The maximum Gasteiger partial charge on any atom is 0.143 e. The van der Waals surface area contributed by atoms with E-state index in [9.17, 15) is 4.79 Å². The summed E-state index contributed by atoms with van der Waals surface area (Å²) < 4.78 is 0. The third kappa shape index (κ3) is 1.28. The first-order valence-electron chi connectivity index (χ1n) is 3.71. The zero-order valence-electron chi connectivity index (χ0n) is 6.85. The van der Waals surface area contributed by atoms with E-state index in [-0.39, 0.29) is 11.3 Å². The van der Waals surface area contributed by atoms with Crippen LogP contribution in [0.3, 0.4) is 0 Å². The van der Waals surface area contributed by atoms with Crippen LogP contribution < -0.4 is 0 Å². The molecule has 0 bridgehead atoms. The van der Waals surface area contributed by atoms with Crippen molar-refractivity contribution in [2.75, 3.05) is 0 Å². The van der Waals surface area contributed by atoms with Crippen LogP contribution in [0, 0.1) is 11.3 Å². The zero-order valence-corrected chi connectivity index (χ0v) is 6.85. The summed E-state index contributed by atoms with van der Waals surface area (Å²) in [6.45, 7) is 6.31. The molecule has 0 amide bonds. The van der Waals surface area contributed by atoms with Gasteiger partial charge in [0.15, 0.2) is 0 Å². The fourth-order valence-corrected chi connectivity index (χ4v) is 1.33. The molecule has 1 nitrogen and oxygen atoms in total.